The molecule has 1 atom stereocenters. The Labute approximate surface area is 107 Å². The number of hydrogen-bond donors (Lipinski definition) is 1. The molecular weight excluding hydrogens is 234 g/mol. The van der Waals surface area contributed by atoms with Gasteiger partial charge in [-0.1, -0.05) is 0 Å². The molecule has 1 N–H and O–H groups in total. The van der Waals surface area contributed by atoms with Gasteiger partial charge in [0.25, 0.3) is 0 Å². The summed E-state index contributed by atoms with van der Waals surface area (Å²) in [6.45, 7) is 3.43. The van der Waals surface area contributed by atoms with Crippen molar-refractivity contribution in [3.05, 3.63) is 0 Å². The van der Waals surface area contributed by atoms with Gasteiger partial charge in [-0.15, -0.1) is 0 Å². The van der Waals surface area contributed by atoms with Gasteiger partial charge in [-0.05, 0) is 25.8 Å². The first kappa shape index (κ1) is 13.1. The molecule has 18 heavy (non-hydrogen) atoms. The fraction of sp³-hybridized carbons (Fsp3) is 0.833. The van der Waals surface area contributed by atoms with Crippen LogP contribution in [0.2, 0.25) is 0 Å². The lowest BCUT2D eigenvalue weighted by Crippen LogP contribution is -2.46. The molecule has 2 aliphatic heterocycles. The number of carbonyl (C=O) groups excluding carboxylic acids is 1. The van der Waals surface area contributed by atoms with Crippen LogP contribution in [0.1, 0.15) is 19.3 Å². The topological polar surface area (TPSA) is 64.1 Å². The number of nitrogens with zero attached hydrogens (tertiary/aromatic N) is 3. The maximum absolute atomic E-state index is 12.1. The number of hydrogen-bond acceptors (Lipinski definition) is 3. The standard InChI is InChI=1S/C12H21N3O3/c1-13(9-11(16)17)12(18)15-7-3-6-14-5-2-4-10(14)8-15/h10H,2-9H2,1H3,(H,16,17). The molecule has 0 aromatic rings. The second-order valence-corrected chi connectivity index (χ2v) is 5.16. The van der Waals surface area contributed by atoms with Gasteiger partial charge in [0.2, 0.25) is 0 Å². The molecule has 2 amide bonds. The van der Waals surface area contributed by atoms with Crippen molar-refractivity contribution in [3.63, 3.8) is 0 Å². The molecule has 0 saturated carbocycles. The number of fused-ring (bicyclic) bond motifs is 1. The summed E-state index contributed by atoms with van der Waals surface area (Å²) in [6.07, 6.45) is 3.33. The minimum Gasteiger partial charge on any atom is -0.480 e. The number of carboxylic acid groups (broad SMARTS) is 1. The van der Waals surface area contributed by atoms with Crippen LogP contribution < -0.4 is 0 Å². The number of carbonyl (C=O) groups is 2. The number of aliphatic carboxylic acids is 1. The molecule has 2 fully saturated rings. The smallest absolute Gasteiger partial charge is 0.323 e. The van der Waals surface area contributed by atoms with Crippen molar-refractivity contribution in [3.8, 4) is 0 Å². The van der Waals surface area contributed by atoms with E-state index in [9.17, 15) is 9.59 Å². The van der Waals surface area contributed by atoms with Crippen LogP contribution in [-0.4, -0.2) is 77.6 Å². The van der Waals surface area contributed by atoms with Gasteiger partial charge in [0, 0.05) is 32.7 Å². The Bertz CT molecular complexity index is 335. The molecule has 1 unspecified atom stereocenters. The maximum atomic E-state index is 12.1. The highest BCUT2D eigenvalue weighted by Crippen LogP contribution is 2.21. The zero-order valence-corrected chi connectivity index (χ0v) is 10.8. The Kier molecular flexibility index (Phi) is 4.06. The lowest BCUT2D eigenvalue weighted by Gasteiger charge is -2.28. The van der Waals surface area contributed by atoms with Crippen LogP contribution in [0, 0.1) is 0 Å². The van der Waals surface area contributed by atoms with E-state index in [-0.39, 0.29) is 12.6 Å². The van der Waals surface area contributed by atoms with Crippen LogP contribution in [0.4, 0.5) is 4.79 Å². The maximum Gasteiger partial charge on any atom is 0.323 e. The van der Waals surface area contributed by atoms with Crippen molar-refractivity contribution in [2.24, 2.45) is 0 Å². The molecule has 0 spiro atoms. The van der Waals surface area contributed by atoms with Crippen molar-refractivity contribution in [1.82, 2.24) is 14.7 Å². The zero-order valence-electron chi connectivity index (χ0n) is 10.8. The molecule has 2 saturated heterocycles. The Balaban J connectivity index is 1.95. The van der Waals surface area contributed by atoms with E-state index in [2.05, 4.69) is 4.90 Å². The predicted molar refractivity (Wildman–Crippen MR) is 66.4 cm³/mol. The van der Waals surface area contributed by atoms with E-state index in [1.54, 1.807) is 11.9 Å². The first-order chi connectivity index (χ1) is 8.58. The fourth-order valence-electron chi connectivity index (χ4n) is 2.89. The van der Waals surface area contributed by atoms with E-state index in [4.69, 9.17) is 5.11 Å². The number of amides is 2. The summed E-state index contributed by atoms with van der Waals surface area (Å²) in [5, 5.41) is 8.72. The lowest BCUT2D eigenvalue weighted by atomic mass is 10.2. The van der Waals surface area contributed by atoms with Crippen LogP contribution in [-0.2, 0) is 4.79 Å². The van der Waals surface area contributed by atoms with Crippen LogP contribution >= 0.6 is 0 Å². The number of carboxylic acids is 1. The Morgan fingerprint density at radius 3 is 2.72 bits per heavy atom. The molecular formula is C12H21N3O3. The van der Waals surface area contributed by atoms with E-state index in [1.807, 2.05) is 0 Å². The molecule has 0 bridgehead atoms. The van der Waals surface area contributed by atoms with Gasteiger partial charge >= 0.3 is 12.0 Å². The number of likely N-dealkylation sites (N-methyl/N-ethyl adjacent to an activating group) is 1. The van der Waals surface area contributed by atoms with E-state index < -0.39 is 5.97 Å². The monoisotopic (exact) mass is 255 g/mol. The molecule has 2 aliphatic rings. The van der Waals surface area contributed by atoms with Gasteiger partial charge in [-0.2, -0.15) is 0 Å². The molecule has 0 aliphatic carbocycles. The summed E-state index contributed by atoms with van der Waals surface area (Å²) in [7, 11) is 1.55. The van der Waals surface area contributed by atoms with Gasteiger partial charge < -0.3 is 14.9 Å². The fourth-order valence-corrected chi connectivity index (χ4v) is 2.89. The van der Waals surface area contributed by atoms with E-state index in [1.165, 1.54) is 11.3 Å². The quantitative estimate of drug-likeness (QED) is 0.770. The van der Waals surface area contributed by atoms with Crippen molar-refractivity contribution < 1.29 is 14.7 Å². The summed E-state index contributed by atoms with van der Waals surface area (Å²) >= 11 is 0. The summed E-state index contributed by atoms with van der Waals surface area (Å²) < 4.78 is 0. The van der Waals surface area contributed by atoms with Crippen LogP contribution in [0.25, 0.3) is 0 Å². The van der Waals surface area contributed by atoms with Crippen molar-refractivity contribution in [2.45, 2.75) is 25.3 Å². The van der Waals surface area contributed by atoms with E-state index >= 15 is 0 Å². The minimum atomic E-state index is -0.969. The summed E-state index contributed by atoms with van der Waals surface area (Å²) in [5.41, 5.74) is 0. The third kappa shape index (κ3) is 2.93. The second-order valence-electron chi connectivity index (χ2n) is 5.16. The van der Waals surface area contributed by atoms with Gasteiger partial charge in [0.05, 0.1) is 0 Å². The van der Waals surface area contributed by atoms with Crippen molar-refractivity contribution in [2.75, 3.05) is 39.8 Å². The van der Waals surface area contributed by atoms with Crippen molar-refractivity contribution in [1.29, 1.82) is 0 Å². The molecule has 102 valence electrons. The second kappa shape index (κ2) is 5.56. The van der Waals surface area contributed by atoms with Gasteiger partial charge in [-0.25, -0.2) is 4.79 Å². The summed E-state index contributed by atoms with van der Waals surface area (Å²) in [6, 6.07) is 0.306. The van der Waals surface area contributed by atoms with E-state index in [0.717, 1.165) is 39.0 Å². The van der Waals surface area contributed by atoms with Gasteiger partial charge in [0.15, 0.2) is 0 Å². The minimum absolute atomic E-state index is 0.161. The summed E-state index contributed by atoms with van der Waals surface area (Å²) in [5.74, 6) is -0.969. The first-order valence-electron chi connectivity index (χ1n) is 6.54. The molecule has 0 radical (unpaired) electrons. The summed E-state index contributed by atoms with van der Waals surface area (Å²) in [4.78, 5) is 28.3. The molecule has 2 heterocycles. The van der Waals surface area contributed by atoms with Crippen LogP contribution in [0.3, 0.4) is 0 Å². The molecule has 0 aromatic carbocycles. The number of rotatable bonds is 2. The normalized spacial score (nSPS) is 24.5. The average Bonchev–Trinajstić information content (AvgIpc) is 2.64. The highest BCUT2D eigenvalue weighted by Gasteiger charge is 2.31. The zero-order chi connectivity index (χ0) is 13.1. The highest BCUT2D eigenvalue weighted by molar-refractivity contribution is 5.80. The van der Waals surface area contributed by atoms with Crippen molar-refractivity contribution >= 4 is 12.0 Å². The first-order valence-corrected chi connectivity index (χ1v) is 6.54. The average molecular weight is 255 g/mol. The number of urea groups is 1. The molecule has 0 aromatic heterocycles. The SMILES string of the molecule is CN(CC(=O)O)C(=O)N1CCCN2CCCC2C1. The molecule has 6 heteroatoms. The van der Waals surface area contributed by atoms with Gasteiger partial charge in [-0.3, -0.25) is 9.69 Å². The Morgan fingerprint density at radius 1 is 1.28 bits per heavy atom. The third-order valence-electron chi connectivity index (χ3n) is 3.77. The van der Waals surface area contributed by atoms with Crippen LogP contribution in [0.15, 0.2) is 0 Å². The largest absolute Gasteiger partial charge is 0.480 e. The van der Waals surface area contributed by atoms with Crippen LogP contribution in [0.5, 0.6) is 0 Å². The van der Waals surface area contributed by atoms with Gasteiger partial charge in [0.1, 0.15) is 6.54 Å². The molecule has 2 rings (SSSR count). The van der Waals surface area contributed by atoms with E-state index in [0.29, 0.717) is 6.04 Å². The lowest BCUT2D eigenvalue weighted by molar-refractivity contribution is -0.137. The highest BCUT2D eigenvalue weighted by atomic mass is 16.4. The predicted octanol–water partition coefficient (Wildman–Crippen LogP) is 0.293. The third-order valence-corrected chi connectivity index (χ3v) is 3.77. The Morgan fingerprint density at radius 2 is 2.00 bits per heavy atom. The molecule has 6 nitrogen and oxygen atoms in total. The Hall–Kier alpha value is -1.30.